The zero-order valence-corrected chi connectivity index (χ0v) is 32.2. The van der Waals surface area contributed by atoms with E-state index in [1.54, 1.807) is 13.8 Å². The molecule has 6 saturated heterocycles. The van der Waals surface area contributed by atoms with Gasteiger partial charge in [-0.05, 0) is 64.2 Å². The molecule has 8 aliphatic heterocycles. The molecule has 314 valence electrons. The van der Waals surface area contributed by atoms with Crippen molar-refractivity contribution in [3.05, 3.63) is 22.7 Å². The molecule has 12 atom stereocenters. The molecule has 2 N–H and O–H groups in total. The summed E-state index contributed by atoms with van der Waals surface area (Å²) in [5.41, 5.74) is -4.67. The molecule has 4 bridgehead atoms. The van der Waals surface area contributed by atoms with E-state index in [9.17, 15) is 35.9 Å². The van der Waals surface area contributed by atoms with Crippen molar-refractivity contribution in [1.82, 2.24) is 10.6 Å². The number of hydrogen-bond donors (Lipinski definition) is 2. The predicted molar refractivity (Wildman–Crippen MR) is 178 cm³/mol. The number of rotatable bonds is 7. The van der Waals surface area contributed by atoms with Crippen molar-refractivity contribution < 1.29 is 74.4 Å². The van der Waals surface area contributed by atoms with Gasteiger partial charge in [0.05, 0.1) is 5.41 Å². The minimum atomic E-state index is -4.92. The maximum atomic E-state index is 14.7. The molecule has 2 saturated carbocycles. The Morgan fingerprint density at radius 3 is 1.52 bits per heavy atom. The number of carbonyl (C=O) groups is 2. The zero-order valence-electron chi connectivity index (χ0n) is 32.2. The lowest BCUT2D eigenvalue weighted by Crippen LogP contribution is -2.67. The maximum absolute atomic E-state index is 14.7. The molecule has 18 heteroatoms. The normalized spacial score (nSPS) is 43.1. The Kier molecular flexibility index (Phi) is 9.45. The lowest BCUT2D eigenvalue weighted by molar-refractivity contribution is -0.557. The minimum absolute atomic E-state index is 0.0675. The molecule has 10 rings (SSSR count). The summed E-state index contributed by atoms with van der Waals surface area (Å²) in [6.45, 7) is 8.95. The Morgan fingerprint density at radius 2 is 1.09 bits per heavy atom. The van der Waals surface area contributed by atoms with E-state index >= 15 is 0 Å². The van der Waals surface area contributed by atoms with Gasteiger partial charge in [0.2, 0.25) is 47.5 Å². The Bertz CT molecular complexity index is 1700. The van der Waals surface area contributed by atoms with Crippen LogP contribution in [0.5, 0.6) is 0 Å². The van der Waals surface area contributed by atoms with Gasteiger partial charge in [-0.15, -0.1) is 0 Å². The SMILES string of the molecule is C[C@@H]1CC[C@H]2C(CNC(=O)CC(C)(C)C(=O)NCC3=C(C(F)(F)F)O[C@@H]4O[C@@]5(C)CC[C@H]6[C@H](C)CC[C@@H]3[C@@]46OO5)=C(C(F)(F)F)O[C@@H]3O[C@@]4(C)CC[C@@H]1[C@]32OO4. The fraction of sp³-hybridized carbons (Fsp3) is 0.842. The van der Waals surface area contributed by atoms with Crippen LogP contribution < -0.4 is 10.6 Å². The van der Waals surface area contributed by atoms with E-state index in [1.807, 2.05) is 13.8 Å². The third-order valence-electron chi connectivity index (χ3n) is 14.0. The summed E-state index contributed by atoms with van der Waals surface area (Å²) in [6, 6.07) is 0. The van der Waals surface area contributed by atoms with Crippen molar-refractivity contribution in [1.29, 1.82) is 0 Å². The van der Waals surface area contributed by atoms with Gasteiger partial charge in [-0.3, -0.25) is 9.59 Å². The van der Waals surface area contributed by atoms with Crippen molar-refractivity contribution in [2.24, 2.45) is 40.9 Å². The van der Waals surface area contributed by atoms with Crippen LogP contribution in [0, 0.1) is 40.9 Å². The number of allylic oxidation sites excluding steroid dienone is 2. The van der Waals surface area contributed by atoms with E-state index < -0.39 is 108 Å². The summed E-state index contributed by atoms with van der Waals surface area (Å²) in [7, 11) is 0. The molecule has 0 unspecified atom stereocenters. The van der Waals surface area contributed by atoms with Crippen LogP contribution in [0.2, 0.25) is 0 Å². The van der Waals surface area contributed by atoms with E-state index in [0.29, 0.717) is 51.4 Å². The molecule has 12 nitrogen and oxygen atoms in total. The van der Waals surface area contributed by atoms with Crippen LogP contribution in [-0.2, 0) is 48.1 Å². The van der Waals surface area contributed by atoms with E-state index in [4.69, 9.17) is 38.5 Å². The van der Waals surface area contributed by atoms with Crippen LogP contribution in [0.25, 0.3) is 0 Å². The van der Waals surface area contributed by atoms with Crippen molar-refractivity contribution >= 4 is 11.8 Å². The van der Waals surface area contributed by atoms with E-state index in [0.717, 1.165) is 0 Å². The van der Waals surface area contributed by atoms with Crippen LogP contribution in [0.1, 0.15) is 99.3 Å². The summed E-state index contributed by atoms with van der Waals surface area (Å²) in [5.74, 6) is -8.69. The molecule has 10 aliphatic rings. The fourth-order valence-corrected chi connectivity index (χ4v) is 11.0. The first-order valence-electron chi connectivity index (χ1n) is 19.6. The standard InChI is InChI=1S/C38H50F6N2O10/c1-18-7-9-24-20(27(37(39,40)41)49-30-35(24)22(18)11-13-33(5,51-30)53-55-35)16-45-26(47)15-32(3,4)29(48)46-17-21-25-10-8-19(2)23-12-14-34(6)52-31(36(23,25)56-54-34)50-28(21)38(42,43)44/h18-19,22-25,30-31H,7-17H2,1-6H3,(H,45,47)(H,46,48)/t18-,19-,22+,23+,24+,25+,30-,31-,33-,34-,35-,36-/m1/s1. The predicted octanol–water partition coefficient (Wildman–Crippen LogP) is 6.76. The Labute approximate surface area is 320 Å². The van der Waals surface area contributed by atoms with Gasteiger partial charge >= 0.3 is 12.4 Å². The molecule has 0 radical (unpaired) electrons. The van der Waals surface area contributed by atoms with Gasteiger partial charge in [0, 0.05) is 67.2 Å². The number of carbonyl (C=O) groups excluding carboxylic acids is 2. The zero-order chi connectivity index (χ0) is 40.4. The molecule has 2 aliphatic carbocycles. The second kappa shape index (κ2) is 13.2. The van der Waals surface area contributed by atoms with Crippen LogP contribution in [0.15, 0.2) is 22.7 Å². The number of fused-ring (bicyclic) bond motifs is 4. The van der Waals surface area contributed by atoms with Crippen LogP contribution in [0.3, 0.4) is 0 Å². The molecular formula is C38H50F6N2O10. The van der Waals surface area contributed by atoms with Crippen molar-refractivity contribution in [2.45, 2.75) is 147 Å². The monoisotopic (exact) mass is 808 g/mol. The highest BCUT2D eigenvalue weighted by molar-refractivity contribution is 5.88. The third-order valence-corrected chi connectivity index (χ3v) is 14.0. The minimum Gasteiger partial charge on any atom is -0.456 e. The van der Waals surface area contributed by atoms with Gasteiger partial charge in [0.1, 0.15) is 0 Å². The molecule has 8 heterocycles. The Balaban J connectivity index is 0.989. The smallest absolute Gasteiger partial charge is 0.449 e. The molecule has 0 aromatic rings. The number of alkyl halides is 6. The number of ether oxygens (including phenoxy) is 4. The first-order chi connectivity index (χ1) is 26.0. The van der Waals surface area contributed by atoms with Crippen LogP contribution >= 0.6 is 0 Å². The molecule has 2 spiro atoms. The van der Waals surface area contributed by atoms with Gasteiger partial charge in [-0.1, -0.05) is 27.7 Å². The summed E-state index contributed by atoms with van der Waals surface area (Å²) < 4.78 is 111. The van der Waals surface area contributed by atoms with E-state index in [1.165, 1.54) is 13.8 Å². The fourth-order valence-electron chi connectivity index (χ4n) is 11.0. The van der Waals surface area contributed by atoms with E-state index in [2.05, 4.69) is 10.6 Å². The van der Waals surface area contributed by atoms with Gasteiger partial charge in [0.15, 0.2) is 11.2 Å². The van der Waals surface area contributed by atoms with Gasteiger partial charge in [-0.2, -0.15) is 26.3 Å². The lowest BCUT2D eigenvalue weighted by Gasteiger charge is -2.57. The number of halogens is 6. The van der Waals surface area contributed by atoms with Crippen molar-refractivity contribution in [3.63, 3.8) is 0 Å². The highest BCUT2D eigenvalue weighted by Gasteiger charge is 2.72. The summed E-state index contributed by atoms with van der Waals surface area (Å²) in [4.78, 5) is 50.5. The number of nitrogens with one attached hydrogen (secondary N) is 2. The van der Waals surface area contributed by atoms with E-state index in [-0.39, 0.29) is 34.8 Å². The quantitative estimate of drug-likeness (QED) is 0.210. The molecule has 0 aromatic heterocycles. The second-order valence-corrected chi connectivity index (χ2v) is 18.2. The molecular weight excluding hydrogens is 758 g/mol. The number of amides is 2. The second-order valence-electron chi connectivity index (χ2n) is 18.2. The largest absolute Gasteiger partial charge is 0.456 e. The summed E-state index contributed by atoms with van der Waals surface area (Å²) >= 11 is 0. The summed E-state index contributed by atoms with van der Waals surface area (Å²) in [5, 5.41) is 5.15. The van der Waals surface area contributed by atoms with Crippen LogP contribution in [0.4, 0.5) is 26.3 Å². The molecule has 0 aromatic carbocycles. The highest BCUT2D eigenvalue weighted by atomic mass is 19.4. The first-order valence-corrected chi connectivity index (χ1v) is 19.6. The average Bonchev–Trinajstić information content (AvgIpc) is 3.48. The summed E-state index contributed by atoms with van der Waals surface area (Å²) in [6.07, 6.45) is -9.40. The molecule has 2 amide bonds. The Hall–Kier alpha value is -2.64. The van der Waals surface area contributed by atoms with Crippen molar-refractivity contribution in [2.75, 3.05) is 13.1 Å². The average molecular weight is 809 g/mol. The number of hydrogen-bond acceptors (Lipinski definition) is 10. The van der Waals surface area contributed by atoms with Gasteiger partial charge in [0.25, 0.3) is 0 Å². The van der Waals surface area contributed by atoms with Gasteiger partial charge in [-0.25, -0.2) is 19.6 Å². The maximum Gasteiger partial charge on any atom is 0.449 e. The molecule has 8 fully saturated rings. The Morgan fingerprint density at radius 1 is 0.661 bits per heavy atom. The van der Waals surface area contributed by atoms with Gasteiger partial charge < -0.3 is 29.6 Å². The lowest BCUT2D eigenvalue weighted by atomic mass is 9.59. The van der Waals surface area contributed by atoms with Crippen molar-refractivity contribution in [3.8, 4) is 0 Å². The molecule has 56 heavy (non-hydrogen) atoms. The third kappa shape index (κ3) is 6.25. The van der Waals surface area contributed by atoms with Crippen LogP contribution in [-0.4, -0.2) is 72.6 Å². The topological polar surface area (TPSA) is 132 Å². The first kappa shape index (κ1) is 40.2. The highest BCUT2D eigenvalue weighted by Crippen LogP contribution is 2.63.